The van der Waals surface area contributed by atoms with Gasteiger partial charge in [-0.2, -0.15) is 8.78 Å². The molecule has 134 valence electrons. The molecule has 0 spiro atoms. The molecule has 0 unspecified atom stereocenters. The molecule has 0 aliphatic heterocycles. The van der Waals surface area contributed by atoms with Gasteiger partial charge in [0.2, 0.25) is 17.4 Å². The number of aryl methyl sites for hydroxylation is 1. The van der Waals surface area contributed by atoms with Gasteiger partial charge in [0.25, 0.3) is 0 Å². The second-order valence-corrected chi connectivity index (χ2v) is 5.60. The summed E-state index contributed by atoms with van der Waals surface area (Å²) >= 11 is 0. The smallest absolute Gasteiger partial charge is 0.219 e. The number of benzene rings is 1. The van der Waals surface area contributed by atoms with Gasteiger partial charge >= 0.3 is 0 Å². The van der Waals surface area contributed by atoms with Crippen LogP contribution >= 0.6 is 0 Å². The summed E-state index contributed by atoms with van der Waals surface area (Å²) in [5.74, 6) is -9.05. The minimum absolute atomic E-state index is 0.0212. The maximum Gasteiger partial charge on any atom is 0.219 e. The number of hydrogen-bond acceptors (Lipinski definition) is 3. The van der Waals surface area contributed by atoms with Crippen LogP contribution in [0.3, 0.4) is 0 Å². The molecule has 0 radical (unpaired) electrons. The quantitative estimate of drug-likeness (QED) is 0.499. The van der Waals surface area contributed by atoms with Gasteiger partial charge in [-0.25, -0.2) is 8.78 Å². The maximum atomic E-state index is 13.7. The fraction of sp³-hybridized carbons (Fsp3) is 0.294. The van der Waals surface area contributed by atoms with E-state index >= 15 is 0 Å². The molecule has 0 amide bonds. The first-order valence-corrected chi connectivity index (χ1v) is 7.30. The SMILES string of the molecule is CC(=O)c1c(C)[nH]c(C(=O)[C@H](C)Oc2c(F)c(F)cc(F)c2F)c1C. The van der Waals surface area contributed by atoms with Gasteiger partial charge in [0, 0.05) is 17.3 Å². The first kappa shape index (κ1) is 18.7. The average molecular weight is 357 g/mol. The van der Waals surface area contributed by atoms with Crippen molar-refractivity contribution < 1.29 is 31.9 Å². The first-order chi connectivity index (χ1) is 11.6. The van der Waals surface area contributed by atoms with E-state index in [1.54, 1.807) is 6.92 Å². The lowest BCUT2D eigenvalue weighted by molar-refractivity contribution is 0.0796. The molecule has 0 fully saturated rings. The van der Waals surface area contributed by atoms with E-state index < -0.39 is 40.9 Å². The zero-order valence-electron chi connectivity index (χ0n) is 13.9. The van der Waals surface area contributed by atoms with Gasteiger partial charge in [-0.1, -0.05) is 0 Å². The molecule has 0 bridgehead atoms. The Labute approximate surface area is 140 Å². The van der Waals surface area contributed by atoms with Crippen LogP contribution in [0.2, 0.25) is 0 Å². The molecule has 25 heavy (non-hydrogen) atoms. The van der Waals surface area contributed by atoms with Gasteiger partial charge < -0.3 is 9.72 Å². The summed E-state index contributed by atoms with van der Waals surface area (Å²) in [7, 11) is 0. The number of carbonyl (C=O) groups is 2. The zero-order valence-corrected chi connectivity index (χ0v) is 13.9. The Balaban J connectivity index is 2.37. The molecule has 1 N–H and O–H groups in total. The van der Waals surface area contributed by atoms with E-state index in [0.29, 0.717) is 16.8 Å². The van der Waals surface area contributed by atoms with E-state index in [9.17, 15) is 27.2 Å². The summed E-state index contributed by atoms with van der Waals surface area (Å²) in [6, 6.07) is 0.0433. The number of halogens is 4. The number of ketones is 2. The van der Waals surface area contributed by atoms with Crippen LogP contribution < -0.4 is 4.74 Å². The largest absolute Gasteiger partial charge is 0.476 e. The summed E-state index contributed by atoms with van der Waals surface area (Å²) in [5, 5.41) is 0. The van der Waals surface area contributed by atoms with Gasteiger partial charge in [-0.15, -0.1) is 0 Å². The monoisotopic (exact) mass is 357 g/mol. The van der Waals surface area contributed by atoms with Gasteiger partial charge in [0.15, 0.2) is 29.3 Å². The van der Waals surface area contributed by atoms with E-state index in [4.69, 9.17) is 4.74 Å². The fourth-order valence-electron chi connectivity index (χ4n) is 2.61. The zero-order chi connectivity index (χ0) is 19.0. The fourth-order valence-corrected chi connectivity index (χ4v) is 2.61. The van der Waals surface area contributed by atoms with E-state index in [1.165, 1.54) is 20.8 Å². The molecule has 0 aliphatic rings. The van der Waals surface area contributed by atoms with Crippen molar-refractivity contribution in [3.05, 3.63) is 51.9 Å². The third-order valence-corrected chi connectivity index (χ3v) is 3.77. The molecule has 0 aliphatic carbocycles. The highest BCUT2D eigenvalue weighted by Gasteiger charge is 2.28. The van der Waals surface area contributed by atoms with Gasteiger partial charge in [-0.3, -0.25) is 9.59 Å². The molecule has 0 saturated heterocycles. The Hall–Kier alpha value is -2.64. The lowest BCUT2D eigenvalue weighted by atomic mass is 10.0. The average Bonchev–Trinajstić information content (AvgIpc) is 2.83. The number of aromatic amines is 1. The van der Waals surface area contributed by atoms with E-state index in [-0.39, 0.29) is 17.5 Å². The third kappa shape index (κ3) is 3.29. The summed E-state index contributed by atoms with van der Waals surface area (Å²) < 4.78 is 58.6. The van der Waals surface area contributed by atoms with E-state index in [2.05, 4.69) is 4.98 Å². The lowest BCUT2D eigenvalue weighted by Gasteiger charge is -2.15. The molecule has 8 heteroatoms. The van der Waals surface area contributed by atoms with Crippen molar-refractivity contribution in [2.45, 2.75) is 33.8 Å². The summed E-state index contributed by atoms with van der Waals surface area (Å²) in [4.78, 5) is 26.8. The molecule has 2 aromatic rings. The van der Waals surface area contributed by atoms with Gasteiger partial charge in [0.05, 0.1) is 5.69 Å². The van der Waals surface area contributed by atoms with Crippen LogP contribution in [0.5, 0.6) is 5.75 Å². The minimum atomic E-state index is -1.73. The van der Waals surface area contributed by atoms with Crippen molar-refractivity contribution in [2.75, 3.05) is 0 Å². The topological polar surface area (TPSA) is 59.2 Å². The molecular weight excluding hydrogens is 342 g/mol. The Morgan fingerprint density at radius 3 is 2.04 bits per heavy atom. The second kappa shape index (κ2) is 6.70. The third-order valence-electron chi connectivity index (χ3n) is 3.77. The Kier molecular flexibility index (Phi) is 5.01. The summed E-state index contributed by atoms with van der Waals surface area (Å²) in [6.07, 6.45) is -1.46. The number of hydrogen-bond donors (Lipinski definition) is 1. The predicted molar refractivity (Wildman–Crippen MR) is 81.0 cm³/mol. The van der Waals surface area contributed by atoms with Crippen LogP contribution in [-0.4, -0.2) is 22.7 Å². The molecule has 1 aromatic carbocycles. The van der Waals surface area contributed by atoms with Gasteiger partial charge in [0.1, 0.15) is 0 Å². The van der Waals surface area contributed by atoms with Crippen LogP contribution in [0.15, 0.2) is 6.07 Å². The Bertz CT molecular complexity index is 847. The van der Waals surface area contributed by atoms with Crippen LogP contribution in [0.25, 0.3) is 0 Å². The maximum absolute atomic E-state index is 13.7. The van der Waals surface area contributed by atoms with E-state index in [0.717, 1.165) is 0 Å². The predicted octanol–water partition coefficient (Wildman–Crippen LogP) is 4.04. The van der Waals surface area contributed by atoms with Gasteiger partial charge in [-0.05, 0) is 33.3 Å². The van der Waals surface area contributed by atoms with Crippen LogP contribution in [0.4, 0.5) is 17.6 Å². The minimum Gasteiger partial charge on any atom is -0.476 e. The highest BCUT2D eigenvalue weighted by molar-refractivity contribution is 6.04. The summed E-state index contributed by atoms with van der Waals surface area (Å²) in [5.41, 5.74) is 1.16. The van der Waals surface area contributed by atoms with Crippen molar-refractivity contribution in [3.8, 4) is 5.75 Å². The van der Waals surface area contributed by atoms with Crippen molar-refractivity contribution in [3.63, 3.8) is 0 Å². The normalized spacial score (nSPS) is 12.2. The molecule has 1 aromatic heterocycles. The Morgan fingerprint density at radius 1 is 1.08 bits per heavy atom. The number of ether oxygens (including phenoxy) is 1. The number of aromatic nitrogens is 1. The number of carbonyl (C=O) groups excluding carboxylic acids is 2. The number of Topliss-reactive ketones (excluding diaryl/α,β-unsaturated/α-hetero) is 2. The molecule has 1 heterocycles. The summed E-state index contributed by atoms with van der Waals surface area (Å²) in [6.45, 7) is 5.63. The van der Waals surface area contributed by atoms with Crippen molar-refractivity contribution >= 4 is 11.6 Å². The van der Waals surface area contributed by atoms with Crippen molar-refractivity contribution in [2.24, 2.45) is 0 Å². The standard InChI is InChI=1S/C17H15F4NO3/c1-6-12(8(3)23)7(2)22-15(6)16(24)9(4)25-17-13(20)10(18)5-11(19)14(17)21/h5,9,22H,1-4H3/t9-/m0/s1. The highest BCUT2D eigenvalue weighted by Crippen LogP contribution is 2.28. The Morgan fingerprint density at radius 2 is 1.60 bits per heavy atom. The highest BCUT2D eigenvalue weighted by atomic mass is 19.2. The molecular formula is C17H15F4NO3. The molecule has 4 nitrogen and oxygen atoms in total. The van der Waals surface area contributed by atoms with Crippen molar-refractivity contribution in [1.82, 2.24) is 4.98 Å². The second-order valence-electron chi connectivity index (χ2n) is 5.60. The first-order valence-electron chi connectivity index (χ1n) is 7.30. The van der Waals surface area contributed by atoms with Crippen LogP contribution in [0, 0.1) is 37.1 Å². The number of rotatable bonds is 5. The van der Waals surface area contributed by atoms with E-state index in [1.807, 2.05) is 0 Å². The molecule has 1 atom stereocenters. The molecule has 0 saturated carbocycles. The molecule has 2 rings (SSSR count). The number of H-pyrrole nitrogens is 1. The van der Waals surface area contributed by atoms with Crippen molar-refractivity contribution in [1.29, 1.82) is 0 Å². The number of nitrogens with one attached hydrogen (secondary N) is 1. The van der Waals surface area contributed by atoms with Crippen LogP contribution in [-0.2, 0) is 0 Å². The van der Waals surface area contributed by atoms with Crippen LogP contribution in [0.1, 0.15) is 46.0 Å². The lowest BCUT2D eigenvalue weighted by Crippen LogP contribution is -2.26.